The molecular formula is C20H27N7O2. The summed E-state index contributed by atoms with van der Waals surface area (Å²) in [6.07, 6.45) is 9.25. The maximum Gasteiger partial charge on any atom is 0.272 e. The van der Waals surface area contributed by atoms with Crippen LogP contribution in [0, 0.1) is 0 Å². The topological polar surface area (TPSA) is 114 Å². The fraction of sp³-hybridized carbons (Fsp3) is 0.550. The normalized spacial score (nSPS) is 22.3. The number of hydrogen-bond donors (Lipinski definition) is 3. The highest BCUT2D eigenvalue weighted by Crippen LogP contribution is 2.26. The summed E-state index contributed by atoms with van der Waals surface area (Å²) < 4.78 is 1.84. The van der Waals surface area contributed by atoms with Crippen molar-refractivity contribution in [1.82, 2.24) is 30.6 Å². The van der Waals surface area contributed by atoms with E-state index in [1.54, 1.807) is 18.3 Å². The first-order chi connectivity index (χ1) is 14.1. The van der Waals surface area contributed by atoms with Crippen LogP contribution in [-0.2, 0) is 11.3 Å². The summed E-state index contributed by atoms with van der Waals surface area (Å²) in [5.74, 6) is 0.435. The molecule has 3 N–H and O–H groups in total. The van der Waals surface area contributed by atoms with Gasteiger partial charge in [0.05, 0.1) is 18.3 Å². The monoisotopic (exact) mass is 397 g/mol. The molecule has 1 saturated carbocycles. The van der Waals surface area contributed by atoms with Gasteiger partial charge in [-0.3, -0.25) is 14.3 Å². The van der Waals surface area contributed by atoms with Gasteiger partial charge in [-0.2, -0.15) is 5.10 Å². The summed E-state index contributed by atoms with van der Waals surface area (Å²) in [5, 5.41) is 22.0. The zero-order valence-corrected chi connectivity index (χ0v) is 16.6. The Hall–Kier alpha value is -2.97. The Balaban J connectivity index is 1.42. The van der Waals surface area contributed by atoms with E-state index >= 15 is 0 Å². The summed E-state index contributed by atoms with van der Waals surface area (Å²) in [6.45, 7) is 2.79. The molecule has 1 aliphatic heterocycles. The Bertz CT molecular complexity index is 858. The minimum Gasteiger partial charge on any atom is -0.363 e. The molecule has 2 aromatic heterocycles. The van der Waals surface area contributed by atoms with Gasteiger partial charge in [0.1, 0.15) is 5.82 Å². The first-order valence-electron chi connectivity index (χ1n) is 10.3. The van der Waals surface area contributed by atoms with Crippen LogP contribution in [0.3, 0.4) is 0 Å². The molecule has 29 heavy (non-hydrogen) atoms. The smallest absolute Gasteiger partial charge is 0.272 e. The van der Waals surface area contributed by atoms with Gasteiger partial charge in [-0.15, -0.1) is 10.2 Å². The lowest BCUT2D eigenvalue weighted by Crippen LogP contribution is -2.45. The number of aryl methyl sites for hydroxylation is 1. The van der Waals surface area contributed by atoms with Crippen molar-refractivity contribution < 1.29 is 9.59 Å². The van der Waals surface area contributed by atoms with Crippen LogP contribution in [-0.4, -0.2) is 43.9 Å². The molecule has 2 aliphatic rings. The van der Waals surface area contributed by atoms with E-state index in [1.165, 1.54) is 0 Å². The molecule has 0 unspecified atom stereocenters. The van der Waals surface area contributed by atoms with Gasteiger partial charge >= 0.3 is 0 Å². The second-order valence-corrected chi connectivity index (χ2v) is 7.72. The van der Waals surface area contributed by atoms with Crippen molar-refractivity contribution in [3.8, 4) is 0 Å². The Morgan fingerprint density at radius 3 is 2.76 bits per heavy atom. The van der Waals surface area contributed by atoms with Crippen LogP contribution in [0.4, 0.5) is 5.82 Å². The van der Waals surface area contributed by atoms with E-state index in [2.05, 4.69) is 31.2 Å². The van der Waals surface area contributed by atoms with Crippen molar-refractivity contribution in [1.29, 1.82) is 0 Å². The minimum atomic E-state index is -0.191. The predicted molar refractivity (Wildman–Crippen MR) is 107 cm³/mol. The van der Waals surface area contributed by atoms with Gasteiger partial charge in [-0.05, 0) is 38.3 Å². The number of carbonyl (C=O) groups excluding carboxylic acids is 2. The summed E-state index contributed by atoms with van der Waals surface area (Å²) in [7, 11) is 0. The average molecular weight is 397 g/mol. The third-order valence-corrected chi connectivity index (χ3v) is 5.66. The molecule has 0 radical (unpaired) electrons. The van der Waals surface area contributed by atoms with Crippen LogP contribution in [0.2, 0.25) is 0 Å². The summed E-state index contributed by atoms with van der Waals surface area (Å²) in [4.78, 5) is 24.3. The molecule has 2 fully saturated rings. The second-order valence-electron chi connectivity index (χ2n) is 7.72. The lowest BCUT2D eigenvalue weighted by molar-refractivity contribution is -0.123. The molecule has 154 valence electrons. The van der Waals surface area contributed by atoms with Gasteiger partial charge in [0.15, 0.2) is 5.69 Å². The van der Waals surface area contributed by atoms with Crippen molar-refractivity contribution in [2.24, 2.45) is 0 Å². The fourth-order valence-corrected chi connectivity index (χ4v) is 4.03. The lowest BCUT2D eigenvalue weighted by Gasteiger charge is -2.32. The number of anilines is 1. The van der Waals surface area contributed by atoms with Gasteiger partial charge in [0.2, 0.25) is 5.91 Å². The van der Waals surface area contributed by atoms with Gasteiger partial charge in [0, 0.05) is 30.8 Å². The van der Waals surface area contributed by atoms with Gasteiger partial charge < -0.3 is 16.0 Å². The molecule has 2 amide bonds. The van der Waals surface area contributed by atoms with Crippen LogP contribution in [0.5, 0.6) is 0 Å². The van der Waals surface area contributed by atoms with Gasteiger partial charge in [-0.1, -0.05) is 12.8 Å². The molecule has 0 bridgehead atoms. The molecule has 1 saturated heterocycles. The van der Waals surface area contributed by atoms with Crippen LogP contribution in [0.25, 0.3) is 0 Å². The van der Waals surface area contributed by atoms with E-state index in [1.807, 2.05) is 17.8 Å². The standard InChI is InChI=1S/C20H27N7O2/c1-2-27-12-13(11-21-27)19-15(8-10-18(28)24-19)23-17-9-7-16(25-26-17)20(29)22-14-5-3-4-6-14/h7,9,11-12,14-15,19H,2-6,8,10H2,1H3,(H,22,29)(H,23,26)(H,24,28)/t15-,19+/m1/s1. The van der Waals surface area contributed by atoms with Crippen molar-refractivity contribution in [3.63, 3.8) is 0 Å². The van der Waals surface area contributed by atoms with E-state index in [9.17, 15) is 9.59 Å². The van der Waals surface area contributed by atoms with E-state index < -0.39 is 0 Å². The molecule has 2 atom stereocenters. The van der Waals surface area contributed by atoms with E-state index in [0.29, 0.717) is 24.4 Å². The maximum absolute atomic E-state index is 12.3. The summed E-state index contributed by atoms with van der Waals surface area (Å²) >= 11 is 0. The molecule has 3 heterocycles. The second kappa shape index (κ2) is 8.59. The first-order valence-corrected chi connectivity index (χ1v) is 10.3. The SMILES string of the molecule is CCn1cc([C@@H]2NC(=O)CC[C@H]2Nc2ccc(C(=O)NC3CCCC3)nn2)cn1. The number of aromatic nitrogens is 4. The maximum atomic E-state index is 12.3. The third kappa shape index (κ3) is 4.55. The zero-order chi connectivity index (χ0) is 20.2. The lowest BCUT2D eigenvalue weighted by atomic mass is 9.94. The Morgan fingerprint density at radius 2 is 2.07 bits per heavy atom. The fourth-order valence-electron chi connectivity index (χ4n) is 4.03. The molecule has 0 aromatic carbocycles. The zero-order valence-electron chi connectivity index (χ0n) is 16.6. The number of piperidine rings is 1. The Labute approximate surface area is 169 Å². The van der Waals surface area contributed by atoms with Crippen LogP contribution < -0.4 is 16.0 Å². The van der Waals surface area contributed by atoms with Crippen LogP contribution in [0.1, 0.15) is 67.5 Å². The predicted octanol–water partition coefficient (Wildman–Crippen LogP) is 1.80. The quantitative estimate of drug-likeness (QED) is 0.685. The highest BCUT2D eigenvalue weighted by Gasteiger charge is 2.31. The number of nitrogens with one attached hydrogen (secondary N) is 3. The number of hydrogen-bond acceptors (Lipinski definition) is 6. The van der Waals surface area contributed by atoms with Crippen molar-refractivity contribution >= 4 is 17.6 Å². The van der Waals surface area contributed by atoms with E-state index in [0.717, 1.165) is 37.8 Å². The molecular weight excluding hydrogens is 370 g/mol. The molecule has 4 rings (SSSR count). The molecule has 2 aromatic rings. The van der Waals surface area contributed by atoms with Crippen molar-refractivity contribution in [2.45, 2.75) is 70.1 Å². The van der Waals surface area contributed by atoms with Crippen LogP contribution >= 0.6 is 0 Å². The molecule has 9 nitrogen and oxygen atoms in total. The van der Waals surface area contributed by atoms with E-state index in [-0.39, 0.29) is 29.9 Å². The number of amides is 2. The number of rotatable bonds is 6. The van der Waals surface area contributed by atoms with Crippen molar-refractivity contribution in [3.05, 3.63) is 35.8 Å². The van der Waals surface area contributed by atoms with E-state index in [4.69, 9.17) is 0 Å². The molecule has 0 spiro atoms. The minimum absolute atomic E-state index is 0.0299. The largest absolute Gasteiger partial charge is 0.363 e. The van der Waals surface area contributed by atoms with Gasteiger partial charge in [-0.25, -0.2) is 0 Å². The van der Waals surface area contributed by atoms with Gasteiger partial charge in [0.25, 0.3) is 5.91 Å². The molecule has 9 heteroatoms. The molecule has 1 aliphatic carbocycles. The summed E-state index contributed by atoms with van der Waals surface area (Å²) in [5.41, 5.74) is 1.28. The highest BCUT2D eigenvalue weighted by atomic mass is 16.2. The Kier molecular flexibility index (Phi) is 5.73. The van der Waals surface area contributed by atoms with Crippen molar-refractivity contribution in [2.75, 3.05) is 5.32 Å². The van der Waals surface area contributed by atoms with Crippen LogP contribution in [0.15, 0.2) is 24.5 Å². The summed E-state index contributed by atoms with van der Waals surface area (Å²) in [6, 6.07) is 3.47. The highest BCUT2D eigenvalue weighted by molar-refractivity contribution is 5.92. The Morgan fingerprint density at radius 1 is 1.24 bits per heavy atom. The average Bonchev–Trinajstić information content (AvgIpc) is 3.41. The number of nitrogens with zero attached hydrogens (tertiary/aromatic N) is 4. The first kappa shape index (κ1) is 19.4. The number of carbonyl (C=O) groups is 2. The third-order valence-electron chi connectivity index (χ3n) is 5.66.